The molecule has 0 saturated heterocycles. The number of hydrogen-bond donors (Lipinski definition) is 2. The molecule has 0 bridgehead atoms. The Hall–Kier alpha value is -2.18. The molecule has 1 atom stereocenters. The molecule has 0 aromatic carbocycles. The monoisotopic (exact) mass is 264 g/mol. The molecule has 7 nitrogen and oxygen atoms in total. The maximum atomic E-state index is 11.8. The van der Waals surface area contributed by atoms with Gasteiger partial charge in [-0.25, -0.2) is 4.98 Å². The first kappa shape index (κ1) is 13.3. The van der Waals surface area contributed by atoms with Crippen molar-refractivity contribution in [1.29, 1.82) is 0 Å². The number of hydrogen-bond acceptors (Lipinski definition) is 5. The fourth-order valence-corrected chi connectivity index (χ4v) is 1.71. The number of pyridine rings is 1. The SMILES string of the molecule is Cc1ccnc(NC(C)C(=O)NC2CC2)c1[N+](=O)[O-]. The van der Waals surface area contributed by atoms with E-state index in [1.54, 1.807) is 19.9 Å². The third kappa shape index (κ3) is 3.18. The van der Waals surface area contributed by atoms with Gasteiger partial charge in [0.2, 0.25) is 11.7 Å². The Bertz CT molecular complexity index is 514. The molecule has 19 heavy (non-hydrogen) atoms. The lowest BCUT2D eigenvalue weighted by Gasteiger charge is -2.14. The van der Waals surface area contributed by atoms with E-state index in [-0.39, 0.29) is 23.5 Å². The van der Waals surface area contributed by atoms with E-state index in [4.69, 9.17) is 0 Å². The summed E-state index contributed by atoms with van der Waals surface area (Å²) in [6.45, 7) is 3.30. The van der Waals surface area contributed by atoms with Crippen LogP contribution in [0.3, 0.4) is 0 Å². The van der Waals surface area contributed by atoms with E-state index in [1.807, 2.05) is 0 Å². The maximum Gasteiger partial charge on any atom is 0.314 e. The lowest BCUT2D eigenvalue weighted by atomic mass is 10.2. The van der Waals surface area contributed by atoms with Crippen LogP contribution in [-0.2, 0) is 4.79 Å². The summed E-state index contributed by atoms with van der Waals surface area (Å²) in [7, 11) is 0. The van der Waals surface area contributed by atoms with Crippen LogP contribution in [0.4, 0.5) is 11.5 Å². The summed E-state index contributed by atoms with van der Waals surface area (Å²) in [4.78, 5) is 26.3. The van der Waals surface area contributed by atoms with Gasteiger partial charge in [0.25, 0.3) is 0 Å². The van der Waals surface area contributed by atoms with Gasteiger partial charge in [0, 0.05) is 17.8 Å². The van der Waals surface area contributed by atoms with Gasteiger partial charge in [0.05, 0.1) is 4.92 Å². The fourth-order valence-electron chi connectivity index (χ4n) is 1.71. The predicted molar refractivity (Wildman–Crippen MR) is 69.9 cm³/mol. The smallest absolute Gasteiger partial charge is 0.314 e. The van der Waals surface area contributed by atoms with Gasteiger partial charge in [0.15, 0.2) is 0 Å². The quantitative estimate of drug-likeness (QED) is 0.618. The highest BCUT2D eigenvalue weighted by Gasteiger charge is 2.27. The third-order valence-corrected chi connectivity index (χ3v) is 2.98. The molecule has 1 heterocycles. The second kappa shape index (κ2) is 5.21. The van der Waals surface area contributed by atoms with Gasteiger partial charge in [-0.3, -0.25) is 14.9 Å². The van der Waals surface area contributed by atoms with Gasteiger partial charge in [-0.05, 0) is 32.8 Å². The molecule has 1 amide bonds. The van der Waals surface area contributed by atoms with E-state index < -0.39 is 11.0 Å². The molecule has 7 heteroatoms. The van der Waals surface area contributed by atoms with Gasteiger partial charge < -0.3 is 10.6 Å². The Labute approximate surface area is 110 Å². The second-order valence-corrected chi connectivity index (χ2v) is 4.73. The van der Waals surface area contributed by atoms with E-state index in [0.29, 0.717) is 5.56 Å². The lowest BCUT2D eigenvalue weighted by Crippen LogP contribution is -2.39. The van der Waals surface area contributed by atoms with Crippen molar-refractivity contribution in [2.45, 2.75) is 38.8 Å². The highest BCUT2D eigenvalue weighted by Crippen LogP contribution is 2.26. The van der Waals surface area contributed by atoms with Crippen LogP contribution >= 0.6 is 0 Å². The Morgan fingerprint density at radius 3 is 2.84 bits per heavy atom. The first-order valence-electron chi connectivity index (χ1n) is 6.16. The van der Waals surface area contributed by atoms with E-state index in [1.165, 1.54) is 6.20 Å². The third-order valence-electron chi connectivity index (χ3n) is 2.98. The summed E-state index contributed by atoms with van der Waals surface area (Å²) >= 11 is 0. The summed E-state index contributed by atoms with van der Waals surface area (Å²) in [5.74, 6) is -0.0384. The molecule has 1 aliphatic rings. The number of nitrogens with zero attached hydrogens (tertiary/aromatic N) is 2. The van der Waals surface area contributed by atoms with Crippen LogP contribution in [-0.4, -0.2) is 27.9 Å². The topological polar surface area (TPSA) is 97.2 Å². The van der Waals surface area contributed by atoms with Gasteiger partial charge in [-0.15, -0.1) is 0 Å². The van der Waals surface area contributed by atoms with Crippen LogP contribution in [0, 0.1) is 17.0 Å². The normalized spacial score (nSPS) is 15.7. The average molecular weight is 264 g/mol. The van der Waals surface area contributed by atoms with Crippen molar-refractivity contribution in [3.05, 3.63) is 27.9 Å². The number of aromatic nitrogens is 1. The predicted octanol–water partition coefficient (Wildman–Crippen LogP) is 1.38. The molecule has 2 rings (SSSR count). The molecule has 0 spiro atoms. The summed E-state index contributed by atoms with van der Waals surface area (Å²) in [6.07, 6.45) is 3.48. The van der Waals surface area contributed by atoms with Gasteiger partial charge >= 0.3 is 5.69 Å². The van der Waals surface area contributed by atoms with Crippen LogP contribution in [0.25, 0.3) is 0 Å². The number of nitrogens with one attached hydrogen (secondary N) is 2. The molecule has 1 aromatic rings. The van der Waals surface area contributed by atoms with Crippen LogP contribution in [0.2, 0.25) is 0 Å². The van der Waals surface area contributed by atoms with Crippen molar-refractivity contribution in [2.24, 2.45) is 0 Å². The Morgan fingerprint density at radius 2 is 2.26 bits per heavy atom. The second-order valence-electron chi connectivity index (χ2n) is 4.73. The minimum atomic E-state index is -0.561. The molecule has 1 unspecified atom stereocenters. The molecule has 1 fully saturated rings. The summed E-state index contributed by atoms with van der Waals surface area (Å²) in [5, 5.41) is 16.6. The highest BCUT2D eigenvalue weighted by molar-refractivity contribution is 5.85. The zero-order valence-corrected chi connectivity index (χ0v) is 10.8. The van der Waals surface area contributed by atoms with Crippen LogP contribution in [0.15, 0.2) is 12.3 Å². The first-order chi connectivity index (χ1) is 8.99. The average Bonchev–Trinajstić information content (AvgIpc) is 3.12. The molecule has 2 N–H and O–H groups in total. The zero-order valence-electron chi connectivity index (χ0n) is 10.8. The lowest BCUT2D eigenvalue weighted by molar-refractivity contribution is -0.384. The highest BCUT2D eigenvalue weighted by atomic mass is 16.6. The van der Waals surface area contributed by atoms with E-state index in [9.17, 15) is 14.9 Å². The maximum absolute atomic E-state index is 11.8. The molecule has 0 aliphatic heterocycles. The standard InChI is InChI=1S/C12H16N4O3/c1-7-5-6-13-11(10(7)16(18)19)14-8(2)12(17)15-9-3-4-9/h5-6,8-9H,3-4H2,1-2H3,(H,13,14)(H,15,17). The zero-order chi connectivity index (χ0) is 14.0. The van der Waals surface area contributed by atoms with Crippen molar-refractivity contribution in [3.63, 3.8) is 0 Å². The number of nitro groups is 1. The largest absolute Gasteiger partial charge is 0.353 e. The molecule has 102 valence electrons. The summed E-state index contributed by atoms with van der Waals surface area (Å²) in [6, 6.07) is 1.27. The molecule has 1 saturated carbocycles. The van der Waals surface area contributed by atoms with Crippen LogP contribution in [0.5, 0.6) is 0 Å². The molecular formula is C12H16N4O3. The molecule has 1 aromatic heterocycles. The van der Waals surface area contributed by atoms with Crippen molar-refractivity contribution in [3.8, 4) is 0 Å². The van der Waals surface area contributed by atoms with Crippen LogP contribution < -0.4 is 10.6 Å². The number of rotatable bonds is 5. The Kier molecular flexibility index (Phi) is 3.64. The van der Waals surface area contributed by atoms with Crippen molar-refractivity contribution < 1.29 is 9.72 Å². The number of amides is 1. The number of anilines is 1. The van der Waals surface area contributed by atoms with Gasteiger partial charge in [-0.2, -0.15) is 0 Å². The van der Waals surface area contributed by atoms with E-state index in [0.717, 1.165) is 12.8 Å². The Morgan fingerprint density at radius 1 is 1.58 bits per heavy atom. The summed E-state index contributed by atoms with van der Waals surface area (Å²) < 4.78 is 0. The Balaban J connectivity index is 2.11. The van der Waals surface area contributed by atoms with E-state index in [2.05, 4.69) is 15.6 Å². The molecular weight excluding hydrogens is 248 g/mol. The minimum absolute atomic E-state index is 0.0893. The number of carbonyl (C=O) groups excluding carboxylic acids is 1. The molecule has 0 radical (unpaired) electrons. The van der Waals surface area contributed by atoms with Gasteiger partial charge in [0.1, 0.15) is 6.04 Å². The summed E-state index contributed by atoms with van der Waals surface area (Å²) in [5.41, 5.74) is 0.422. The van der Waals surface area contributed by atoms with Crippen molar-refractivity contribution in [2.75, 3.05) is 5.32 Å². The first-order valence-corrected chi connectivity index (χ1v) is 6.16. The van der Waals surface area contributed by atoms with Crippen LogP contribution in [0.1, 0.15) is 25.3 Å². The number of carbonyl (C=O) groups is 1. The van der Waals surface area contributed by atoms with E-state index >= 15 is 0 Å². The fraction of sp³-hybridized carbons (Fsp3) is 0.500. The minimum Gasteiger partial charge on any atom is -0.353 e. The van der Waals surface area contributed by atoms with Gasteiger partial charge in [-0.1, -0.05) is 0 Å². The molecule has 1 aliphatic carbocycles. The number of aryl methyl sites for hydroxylation is 1. The van der Waals surface area contributed by atoms with Crippen molar-refractivity contribution in [1.82, 2.24) is 10.3 Å². The van der Waals surface area contributed by atoms with Crippen molar-refractivity contribution >= 4 is 17.4 Å².